The lowest BCUT2D eigenvalue weighted by molar-refractivity contribution is -0.116. The topological polar surface area (TPSA) is 119 Å². The smallest absolute Gasteiger partial charge is 0.262 e. The summed E-state index contributed by atoms with van der Waals surface area (Å²) in [6, 6.07) is 11.6. The lowest BCUT2D eigenvalue weighted by atomic mass is 10.0. The number of nitrogens with one attached hydrogen (secondary N) is 2. The molecular formula is C22H22N4O5S. The quantitative estimate of drug-likeness (QED) is 0.610. The summed E-state index contributed by atoms with van der Waals surface area (Å²) in [7, 11) is -2.50. The molecule has 0 spiro atoms. The van der Waals surface area contributed by atoms with E-state index in [1.165, 1.54) is 17.9 Å². The van der Waals surface area contributed by atoms with Gasteiger partial charge in [0.15, 0.2) is 0 Å². The number of fused-ring (bicyclic) bond motifs is 1. The molecule has 10 heteroatoms. The van der Waals surface area contributed by atoms with E-state index in [0.29, 0.717) is 33.8 Å². The fraction of sp³-hybridized carbons (Fsp3) is 0.227. The second-order valence-electron chi connectivity index (χ2n) is 7.45. The second kappa shape index (κ2) is 8.12. The predicted octanol–water partition coefficient (Wildman–Crippen LogP) is 3.35. The number of ether oxygens (including phenoxy) is 1. The maximum Gasteiger partial charge on any atom is 0.262 e. The van der Waals surface area contributed by atoms with Gasteiger partial charge in [-0.2, -0.15) is 9.78 Å². The monoisotopic (exact) mass is 454 g/mol. The Morgan fingerprint density at radius 3 is 2.59 bits per heavy atom. The first kappa shape index (κ1) is 21.6. The van der Waals surface area contributed by atoms with E-state index in [2.05, 4.69) is 15.1 Å². The van der Waals surface area contributed by atoms with Crippen LogP contribution in [0.2, 0.25) is 0 Å². The van der Waals surface area contributed by atoms with Crippen LogP contribution in [-0.4, -0.2) is 37.1 Å². The van der Waals surface area contributed by atoms with Gasteiger partial charge in [0, 0.05) is 18.4 Å². The SMILES string of the molecule is COc1ccccc1NS(=O)(=O)c1cc(-c2c(C)nn3c2NC(=O)CCC3=O)ccc1C. The number of para-hydroxylation sites is 2. The van der Waals surface area contributed by atoms with Gasteiger partial charge in [-0.05, 0) is 43.2 Å². The molecule has 0 bridgehead atoms. The van der Waals surface area contributed by atoms with Crippen molar-refractivity contribution in [1.82, 2.24) is 9.78 Å². The van der Waals surface area contributed by atoms with Crippen LogP contribution in [0.4, 0.5) is 11.5 Å². The third-order valence-electron chi connectivity index (χ3n) is 5.24. The number of methoxy groups -OCH3 is 1. The highest BCUT2D eigenvalue weighted by molar-refractivity contribution is 7.92. The number of aromatic nitrogens is 2. The molecule has 1 amide bonds. The van der Waals surface area contributed by atoms with Crippen LogP contribution in [0, 0.1) is 13.8 Å². The maximum atomic E-state index is 13.2. The number of carbonyl (C=O) groups is 2. The van der Waals surface area contributed by atoms with Gasteiger partial charge in [-0.25, -0.2) is 8.42 Å². The van der Waals surface area contributed by atoms with Crippen LogP contribution in [0.15, 0.2) is 47.4 Å². The van der Waals surface area contributed by atoms with Gasteiger partial charge in [-0.3, -0.25) is 14.3 Å². The van der Waals surface area contributed by atoms with Gasteiger partial charge in [0.1, 0.15) is 11.6 Å². The zero-order valence-electron chi connectivity index (χ0n) is 17.8. The summed E-state index contributed by atoms with van der Waals surface area (Å²) >= 11 is 0. The summed E-state index contributed by atoms with van der Waals surface area (Å²) in [5, 5.41) is 7.01. The molecule has 0 saturated carbocycles. The van der Waals surface area contributed by atoms with Crippen molar-refractivity contribution in [2.75, 3.05) is 17.1 Å². The Kier molecular flexibility index (Phi) is 5.47. The third kappa shape index (κ3) is 3.84. The first-order valence-corrected chi connectivity index (χ1v) is 11.4. The maximum absolute atomic E-state index is 13.2. The van der Waals surface area contributed by atoms with Gasteiger partial charge in [0.25, 0.3) is 10.0 Å². The van der Waals surface area contributed by atoms with E-state index in [-0.39, 0.29) is 35.4 Å². The summed E-state index contributed by atoms with van der Waals surface area (Å²) in [6.45, 7) is 3.40. The molecule has 0 aliphatic carbocycles. The first-order valence-electron chi connectivity index (χ1n) is 9.91. The fourth-order valence-corrected chi connectivity index (χ4v) is 5.01. The van der Waals surface area contributed by atoms with E-state index in [9.17, 15) is 18.0 Å². The average Bonchev–Trinajstić information content (AvgIpc) is 3.01. The number of carbonyl (C=O) groups excluding carboxylic acids is 2. The molecule has 0 atom stereocenters. The van der Waals surface area contributed by atoms with Crippen LogP contribution in [-0.2, 0) is 14.8 Å². The van der Waals surface area contributed by atoms with E-state index in [1.807, 2.05) is 0 Å². The molecule has 0 saturated heterocycles. The summed E-state index contributed by atoms with van der Waals surface area (Å²) in [6.07, 6.45) is 0.118. The van der Waals surface area contributed by atoms with Gasteiger partial charge in [-0.1, -0.05) is 24.3 Å². The Hall–Kier alpha value is -3.66. The number of amides is 1. The number of anilines is 2. The number of hydrogen-bond donors (Lipinski definition) is 2. The zero-order chi connectivity index (χ0) is 23.0. The standard InChI is InChI=1S/C22H22N4O5S/c1-13-8-9-15(21-14(2)24-26-20(28)11-10-19(27)23-22(21)26)12-18(13)32(29,30)25-16-6-4-5-7-17(16)31-3/h4-9,12,25H,10-11H2,1-3H3,(H,23,27). The van der Waals surface area contributed by atoms with Crippen molar-refractivity contribution in [2.45, 2.75) is 31.6 Å². The summed E-state index contributed by atoms with van der Waals surface area (Å²) in [4.78, 5) is 24.5. The predicted molar refractivity (Wildman–Crippen MR) is 119 cm³/mol. The Bertz CT molecular complexity index is 1340. The second-order valence-corrected chi connectivity index (χ2v) is 9.10. The summed E-state index contributed by atoms with van der Waals surface area (Å²) < 4.78 is 35.5. The van der Waals surface area contributed by atoms with Crippen molar-refractivity contribution in [3.63, 3.8) is 0 Å². The van der Waals surface area contributed by atoms with Crippen molar-refractivity contribution in [1.29, 1.82) is 0 Å². The van der Waals surface area contributed by atoms with Crippen molar-refractivity contribution in [3.8, 4) is 16.9 Å². The number of nitrogens with zero attached hydrogens (tertiary/aromatic N) is 2. The van der Waals surface area contributed by atoms with Gasteiger partial charge in [0.2, 0.25) is 11.8 Å². The Morgan fingerprint density at radius 2 is 1.84 bits per heavy atom. The molecule has 9 nitrogen and oxygen atoms in total. The van der Waals surface area contributed by atoms with E-state index < -0.39 is 10.0 Å². The molecule has 3 aromatic rings. The highest BCUT2D eigenvalue weighted by Gasteiger charge is 2.27. The molecule has 2 heterocycles. The molecule has 0 unspecified atom stereocenters. The summed E-state index contributed by atoms with van der Waals surface area (Å²) in [5.41, 5.74) is 2.37. The highest BCUT2D eigenvalue weighted by atomic mass is 32.2. The van der Waals surface area contributed by atoms with Crippen LogP contribution < -0.4 is 14.8 Å². The molecular weight excluding hydrogens is 432 g/mol. The van der Waals surface area contributed by atoms with Crippen LogP contribution >= 0.6 is 0 Å². The number of sulfonamides is 1. The fourth-order valence-electron chi connectivity index (χ4n) is 3.66. The Balaban J connectivity index is 1.81. The molecule has 166 valence electrons. The molecule has 1 aliphatic heterocycles. The van der Waals surface area contributed by atoms with Crippen LogP contribution in [0.5, 0.6) is 5.75 Å². The minimum atomic E-state index is -3.96. The molecule has 2 N–H and O–H groups in total. The number of aryl methyl sites for hydroxylation is 2. The molecule has 0 fully saturated rings. The normalized spacial score (nSPS) is 13.8. The highest BCUT2D eigenvalue weighted by Crippen LogP contribution is 2.36. The van der Waals surface area contributed by atoms with Crippen molar-refractivity contribution in [2.24, 2.45) is 0 Å². The van der Waals surface area contributed by atoms with Crippen LogP contribution in [0.3, 0.4) is 0 Å². The number of hydrogen-bond acceptors (Lipinski definition) is 6. The van der Waals surface area contributed by atoms with Gasteiger partial charge < -0.3 is 10.1 Å². The Morgan fingerprint density at radius 1 is 1.09 bits per heavy atom. The molecule has 1 aliphatic rings. The minimum absolute atomic E-state index is 0.0513. The van der Waals surface area contributed by atoms with Crippen LogP contribution in [0.1, 0.15) is 28.9 Å². The molecule has 2 aromatic carbocycles. The molecule has 4 rings (SSSR count). The van der Waals surface area contributed by atoms with E-state index >= 15 is 0 Å². The lowest BCUT2D eigenvalue weighted by Gasteiger charge is -2.14. The summed E-state index contributed by atoms with van der Waals surface area (Å²) in [5.74, 6) is 0.0466. The minimum Gasteiger partial charge on any atom is -0.495 e. The molecule has 32 heavy (non-hydrogen) atoms. The van der Waals surface area contributed by atoms with E-state index in [0.717, 1.165) is 0 Å². The third-order valence-corrected chi connectivity index (χ3v) is 6.75. The average molecular weight is 455 g/mol. The first-order chi connectivity index (χ1) is 15.2. The Labute approximate surface area is 185 Å². The van der Waals surface area contributed by atoms with Gasteiger partial charge in [-0.15, -0.1) is 0 Å². The van der Waals surface area contributed by atoms with Crippen molar-refractivity contribution in [3.05, 3.63) is 53.7 Å². The largest absolute Gasteiger partial charge is 0.495 e. The zero-order valence-corrected chi connectivity index (χ0v) is 18.6. The molecule has 1 aromatic heterocycles. The van der Waals surface area contributed by atoms with E-state index in [1.54, 1.807) is 50.2 Å². The van der Waals surface area contributed by atoms with Crippen molar-refractivity contribution >= 4 is 33.3 Å². The van der Waals surface area contributed by atoms with Gasteiger partial charge in [0.05, 0.1) is 23.4 Å². The van der Waals surface area contributed by atoms with Crippen molar-refractivity contribution < 1.29 is 22.7 Å². The van der Waals surface area contributed by atoms with Crippen LogP contribution in [0.25, 0.3) is 11.1 Å². The number of benzene rings is 2. The van der Waals surface area contributed by atoms with E-state index in [4.69, 9.17) is 4.74 Å². The number of rotatable bonds is 5. The lowest BCUT2D eigenvalue weighted by Crippen LogP contribution is -2.15. The molecule has 0 radical (unpaired) electrons. The van der Waals surface area contributed by atoms with Gasteiger partial charge >= 0.3 is 0 Å².